The maximum Gasteiger partial charge on any atom is 0.306 e. The number of pyridine rings is 1. The van der Waals surface area contributed by atoms with Gasteiger partial charge in [0, 0.05) is 33.9 Å². The summed E-state index contributed by atoms with van der Waals surface area (Å²) in [5.41, 5.74) is 1.06. The molecule has 1 aromatic heterocycles. The Morgan fingerprint density at radius 1 is 1.38 bits per heavy atom. The van der Waals surface area contributed by atoms with Crippen LogP contribution in [-0.2, 0) is 19.7 Å². The molecule has 0 saturated carbocycles. The van der Waals surface area contributed by atoms with E-state index in [0.717, 1.165) is 4.31 Å². The number of esters is 1. The van der Waals surface area contributed by atoms with E-state index in [1.165, 1.54) is 20.4 Å². The van der Waals surface area contributed by atoms with Crippen LogP contribution in [0.1, 0.15) is 6.42 Å². The predicted molar refractivity (Wildman–Crippen MR) is 80.4 cm³/mol. The van der Waals surface area contributed by atoms with Gasteiger partial charge in [0.2, 0.25) is 0 Å². The molecule has 1 N–H and O–H groups in total. The molecule has 0 amide bonds. The number of hydrogen-bond donors (Lipinski definition) is 1. The van der Waals surface area contributed by atoms with Gasteiger partial charge in [-0.1, -0.05) is 0 Å². The summed E-state index contributed by atoms with van der Waals surface area (Å²) >= 11 is 0. The zero-order valence-corrected chi connectivity index (χ0v) is 13.3. The number of anilines is 2. The minimum absolute atomic E-state index is 0.0124. The van der Waals surface area contributed by atoms with Gasteiger partial charge in [-0.2, -0.15) is 12.7 Å². The van der Waals surface area contributed by atoms with E-state index >= 15 is 0 Å². The number of nitrogens with one attached hydrogen (secondary N) is 1. The van der Waals surface area contributed by atoms with E-state index < -0.39 is 16.2 Å². The highest BCUT2D eigenvalue weighted by Gasteiger charge is 2.20. The van der Waals surface area contributed by atoms with Gasteiger partial charge >= 0.3 is 16.2 Å². The van der Waals surface area contributed by atoms with Gasteiger partial charge in [0.05, 0.1) is 31.1 Å². The molecule has 0 saturated heterocycles. The van der Waals surface area contributed by atoms with Gasteiger partial charge in [0.1, 0.15) is 0 Å². The first-order chi connectivity index (χ1) is 9.77. The Labute approximate surface area is 124 Å². The maximum atomic E-state index is 12.2. The Hall–Kier alpha value is -1.87. The van der Waals surface area contributed by atoms with Crippen LogP contribution < -0.4 is 9.62 Å². The zero-order valence-electron chi connectivity index (χ0n) is 12.5. The van der Waals surface area contributed by atoms with Crippen LogP contribution >= 0.6 is 0 Å². The maximum absolute atomic E-state index is 12.2. The van der Waals surface area contributed by atoms with Crippen LogP contribution in [0.15, 0.2) is 18.5 Å². The number of hydrogen-bond acceptors (Lipinski definition) is 6. The molecule has 1 aromatic rings. The second kappa shape index (κ2) is 7.23. The number of methoxy groups -OCH3 is 1. The Balaban J connectivity index is 2.83. The highest BCUT2D eigenvalue weighted by Crippen LogP contribution is 2.23. The first-order valence-corrected chi connectivity index (χ1v) is 7.64. The van der Waals surface area contributed by atoms with E-state index in [2.05, 4.69) is 14.4 Å². The molecule has 1 heterocycles. The highest BCUT2D eigenvalue weighted by molar-refractivity contribution is 7.90. The Morgan fingerprint density at radius 2 is 2.05 bits per heavy atom. The van der Waals surface area contributed by atoms with Crippen molar-refractivity contribution in [1.29, 1.82) is 0 Å². The van der Waals surface area contributed by atoms with Gasteiger partial charge in [0.15, 0.2) is 0 Å². The lowest BCUT2D eigenvalue weighted by Gasteiger charge is -2.21. The molecule has 9 heteroatoms. The lowest BCUT2D eigenvalue weighted by molar-refractivity contribution is -0.140. The fraction of sp³-hybridized carbons (Fsp3) is 0.500. The summed E-state index contributed by atoms with van der Waals surface area (Å²) in [5, 5.41) is 0. The number of carbonyl (C=O) groups is 1. The molecular formula is C12H20N4O4S. The topological polar surface area (TPSA) is 91.8 Å². The Bertz CT molecular complexity index is 589. The van der Waals surface area contributed by atoms with E-state index in [1.807, 2.05) is 0 Å². The second-order valence-electron chi connectivity index (χ2n) is 4.54. The third kappa shape index (κ3) is 4.87. The monoisotopic (exact) mass is 316 g/mol. The van der Waals surface area contributed by atoms with Crippen LogP contribution in [0.4, 0.5) is 11.4 Å². The summed E-state index contributed by atoms with van der Waals surface area (Å²) in [4.78, 5) is 16.7. The van der Waals surface area contributed by atoms with Crippen molar-refractivity contribution in [3.8, 4) is 0 Å². The van der Waals surface area contributed by atoms with Crippen molar-refractivity contribution in [2.24, 2.45) is 0 Å². The van der Waals surface area contributed by atoms with E-state index in [4.69, 9.17) is 0 Å². The van der Waals surface area contributed by atoms with Crippen molar-refractivity contribution in [3.05, 3.63) is 18.5 Å². The molecule has 0 aliphatic rings. The van der Waals surface area contributed by atoms with Crippen molar-refractivity contribution in [2.45, 2.75) is 6.42 Å². The van der Waals surface area contributed by atoms with Gasteiger partial charge in [-0.3, -0.25) is 14.5 Å². The van der Waals surface area contributed by atoms with E-state index in [1.54, 1.807) is 31.3 Å². The van der Waals surface area contributed by atoms with Crippen LogP contribution in [0.2, 0.25) is 0 Å². The third-order valence-corrected chi connectivity index (χ3v) is 4.27. The summed E-state index contributed by atoms with van der Waals surface area (Å²) in [6.07, 6.45) is 3.00. The summed E-state index contributed by atoms with van der Waals surface area (Å²) < 4.78 is 32.4. The quantitative estimate of drug-likeness (QED) is 0.727. The van der Waals surface area contributed by atoms with Gasteiger partial charge in [-0.25, -0.2) is 0 Å². The number of aromatic nitrogens is 1. The number of carbonyl (C=O) groups excluding carboxylic acids is 1. The summed E-state index contributed by atoms with van der Waals surface area (Å²) in [5.74, 6) is -0.465. The lowest BCUT2D eigenvalue weighted by atomic mass is 10.3. The minimum atomic E-state index is -3.76. The van der Waals surface area contributed by atoms with Crippen LogP contribution in [-0.4, -0.2) is 58.5 Å². The van der Waals surface area contributed by atoms with Crippen molar-refractivity contribution >= 4 is 27.6 Å². The number of nitrogens with zero attached hydrogens (tertiary/aromatic N) is 3. The van der Waals surface area contributed by atoms with Crippen molar-refractivity contribution in [2.75, 3.05) is 44.4 Å². The van der Waals surface area contributed by atoms with Crippen LogP contribution in [0.5, 0.6) is 0 Å². The van der Waals surface area contributed by atoms with Crippen molar-refractivity contribution < 1.29 is 17.9 Å². The zero-order chi connectivity index (χ0) is 16.0. The van der Waals surface area contributed by atoms with Gasteiger partial charge < -0.3 is 9.64 Å². The molecule has 0 atom stereocenters. The van der Waals surface area contributed by atoms with E-state index in [-0.39, 0.29) is 13.0 Å². The number of rotatable bonds is 7. The normalized spacial score (nSPS) is 11.3. The lowest BCUT2D eigenvalue weighted by Crippen LogP contribution is -2.34. The van der Waals surface area contributed by atoms with Crippen LogP contribution in [0, 0.1) is 0 Å². The second-order valence-corrected chi connectivity index (χ2v) is 6.32. The first kappa shape index (κ1) is 17.2. The molecule has 0 aliphatic carbocycles. The smallest absolute Gasteiger partial charge is 0.306 e. The minimum Gasteiger partial charge on any atom is -0.469 e. The molecule has 0 bridgehead atoms. The Kier molecular flexibility index (Phi) is 5.91. The van der Waals surface area contributed by atoms with Crippen LogP contribution in [0.3, 0.4) is 0 Å². The van der Waals surface area contributed by atoms with Crippen molar-refractivity contribution in [1.82, 2.24) is 9.29 Å². The molecule has 0 fully saturated rings. The molecule has 1 rings (SSSR count). The fourth-order valence-corrected chi connectivity index (χ4v) is 2.47. The highest BCUT2D eigenvalue weighted by atomic mass is 32.2. The molecule has 21 heavy (non-hydrogen) atoms. The average molecular weight is 316 g/mol. The SMILES string of the molecule is COC(=O)CCN(C)S(=O)(=O)Nc1cnccc1N(C)C. The van der Waals surface area contributed by atoms with E-state index in [9.17, 15) is 13.2 Å². The predicted octanol–water partition coefficient (Wildman–Crippen LogP) is 0.299. The molecule has 0 radical (unpaired) electrons. The fourth-order valence-electron chi connectivity index (χ4n) is 1.54. The standard InChI is InChI=1S/C12H20N4O4S/c1-15(2)11-5-7-13-9-10(11)14-21(18,19)16(3)8-6-12(17)20-4/h5,7,9,14H,6,8H2,1-4H3. The largest absolute Gasteiger partial charge is 0.469 e. The molecule has 8 nitrogen and oxygen atoms in total. The summed E-state index contributed by atoms with van der Waals surface area (Å²) in [6, 6.07) is 1.70. The molecular weight excluding hydrogens is 296 g/mol. The molecule has 0 aromatic carbocycles. The summed E-state index contributed by atoms with van der Waals surface area (Å²) in [7, 11) is 2.48. The molecule has 0 unspecified atom stereocenters. The Morgan fingerprint density at radius 3 is 2.62 bits per heavy atom. The number of ether oxygens (including phenoxy) is 1. The van der Waals surface area contributed by atoms with Gasteiger partial charge in [-0.15, -0.1) is 0 Å². The van der Waals surface area contributed by atoms with Gasteiger partial charge in [-0.05, 0) is 6.07 Å². The first-order valence-electron chi connectivity index (χ1n) is 6.20. The molecule has 0 spiro atoms. The summed E-state index contributed by atoms with van der Waals surface area (Å²) in [6.45, 7) is 0.0273. The van der Waals surface area contributed by atoms with E-state index in [0.29, 0.717) is 11.4 Å². The molecule has 118 valence electrons. The average Bonchev–Trinajstić information content (AvgIpc) is 2.44. The van der Waals surface area contributed by atoms with Crippen LogP contribution in [0.25, 0.3) is 0 Å². The third-order valence-electron chi connectivity index (χ3n) is 2.79. The molecule has 0 aliphatic heterocycles. The van der Waals surface area contributed by atoms with Crippen molar-refractivity contribution in [3.63, 3.8) is 0 Å². The van der Waals surface area contributed by atoms with Gasteiger partial charge in [0.25, 0.3) is 0 Å².